The van der Waals surface area contributed by atoms with E-state index in [1.54, 1.807) is 0 Å². The first-order chi connectivity index (χ1) is 14.2. The lowest BCUT2D eigenvalue weighted by Gasteiger charge is -2.32. The summed E-state index contributed by atoms with van der Waals surface area (Å²) in [5.41, 5.74) is 3.56. The molecule has 0 aromatic heterocycles. The van der Waals surface area contributed by atoms with Crippen LogP contribution >= 0.6 is 0 Å². The lowest BCUT2D eigenvalue weighted by molar-refractivity contribution is 0.443. The molecule has 2 nitrogen and oxygen atoms in total. The zero-order chi connectivity index (χ0) is 20.1. The first kappa shape index (κ1) is 19.4. The molecule has 0 aliphatic heterocycles. The van der Waals surface area contributed by atoms with Crippen LogP contribution in [0.2, 0.25) is 0 Å². The van der Waals surface area contributed by atoms with Crippen LogP contribution in [-0.2, 0) is 5.41 Å². The van der Waals surface area contributed by atoms with Crippen LogP contribution in [0.1, 0.15) is 61.3 Å². The molecule has 148 valence electrons. The third-order valence-electron chi connectivity index (χ3n) is 6.31. The summed E-state index contributed by atoms with van der Waals surface area (Å²) in [7, 11) is 0. The van der Waals surface area contributed by atoms with E-state index in [4.69, 9.17) is 4.99 Å². The highest BCUT2D eigenvalue weighted by molar-refractivity contribution is 5.85. The fourth-order valence-electron chi connectivity index (χ4n) is 4.51. The Morgan fingerprint density at radius 3 is 1.97 bits per heavy atom. The molecule has 0 bridgehead atoms. The van der Waals surface area contributed by atoms with Gasteiger partial charge in [-0.05, 0) is 37.0 Å². The van der Waals surface area contributed by atoms with Crippen LogP contribution in [0.25, 0.3) is 0 Å². The molecule has 1 N–H and O–H groups in total. The van der Waals surface area contributed by atoms with E-state index in [2.05, 4.69) is 55.5 Å². The number of hydrogen-bond donors (Lipinski definition) is 1. The minimum atomic E-state index is -0.457. The number of para-hydroxylation sites is 1. The van der Waals surface area contributed by atoms with Gasteiger partial charge in [0.25, 0.3) is 0 Å². The number of benzene rings is 3. The second-order valence-electron chi connectivity index (χ2n) is 8.17. The van der Waals surface area contributed by atoms with Gasteiger partial charge in [0.05, 0.1) is 0 Å². The van der Waals surface area contributed by atoms with E-state index in [1.165, 1.54) is 19.3 Å². The van der Waals surface area contributed by atoms with Crippen molar-refractivity contribution in [2.24, 2.45) is 4.99 Å². The Kier molecular flexibility index (Phi) is 5.80. The number of aromatic hydroxyl groups is 1. The predicted octanol–water partition coefficient (Wildman–Crippen LogP) is 6.50. The second-order valence-corrected chi connectivity index (χ2v) is 8.17. The van der Waals surface area contributed by atoms with Crippen molar-refractivity contribution < 1.29 is 5.11 Å². The van der Waals surface area contributed by atoms with E-state index in [0.29, 0.717) is 11.8 Å². The highest BCUT2D eigenvalue weighted by Gasteiger charge is 2.33. The van der Waals surface area contributed by atoms with E-state index in [1.807, 2.05) is 36.5 Å². The van der Waals surface area contributed by atoms with Crippen molar-refractivity contribution in [3.63, 3.8) is 0 Å². The molecule has 29 heavy (non-hydrogen) atoms. The van der Waals surface area contributed by atoms with Gasteiger partial charge in [0.1, 0.15) is 5.75 Å². The van der Waals surface area contributed by atoms with Gasteiger partial charge < -0.3 is 5.11 Å². The molecule has 0 atom stereocenters. The van der Waals surface area contributed by atoms with Gasteiger partial charge in [0.15, 0.2) is 0 Å². The minimum Gasteiger partial charge on any atom is -0.507 e. The number of nitrogens with zero attached hydrogens (tertiary/aromatic N) is 1. The summed E-state index contributed by atoms with van der Waals surface area (Å²) in [6.07, 6.45) is 8.03. The van der Waals surface area contributed by atoms with Crippen LogP contribution in [0.3, 0.4) is 0 Å². The van der Waals surface area contributed by atoms with E-state index in [-0.39, 0.29) is 0 Å². The van der Waals surface area contributed by atoms with Gasteiger partial charge in [-0.3, -0.25) is 4.99 Å². The summed E-state index contributed by atoms with van der Waals surface area (Å²) >= 11 is 0. The van der Waals surface area contributed by atoms with Gasteiger partial charge in [0.2, 0.25) is 0 Å². The van der Waals surface area contributed by atoms with Crippen molar-refractivity contribution in [1.82, 2.24) is 0 Å². The van der Waals surface area contributed by atoms with Gasteiger partial charge >= 0.3 is 0 Å². The standard InChI is InChI=1S/C27H29NO/c1-27(22-13-5-2-6-14-22,23-15-7-3-8-16-23)25-19-11-12-21(26(25)29)20-28-24-17-9-4-10-18-24/h2-3,5-8,11-16,19-20,24,29H,4,9-10,17-18H2,1H3. The maximum atomic E-state index is 11.3. The van der Waals surface area contributed by atoms with Crippen LogP contribution < -0.4 is 0 Å². The quantitative estimate of drug-likeness (QED) is 0.396. The van der Waals surface area contributed by atoms with Crippen molar-refractivity contribution in [2.45, 2.75) is 50.5 Å². The fraction of sp³-hybridized carbons (Fsp3) is 0.296. The monoisotopic (exact) mass is 383 g/mol. The highest BCUT2D eigenvalue weighted by Crippen LogP contribution is 2.43. The van der Waals surface area contributed by atoms with Crippen LogP contribution in [-0.4, -0.2) is 17.4 Å². The topological polar surface area (TPSA) is 32.6 Å². The Morgan fingerprint density at radius 1 is 0.793 bits per heavy atom. The van der Waals surface area contributed by atoms with Gasteiger partial charge in [-0.1, -0.05) is 92.1 Å². The van der Waals surface area contributed by atoms with Gasteiger partial charge in [0, 0.05) is 28.8 Å². The molecule has 0 spiro atoms. The Balaban J connectivity index is 1.79. The molecule has 1 saturated carbocycles. The Hall–Kier alpha value is -2.87. The maximum Gasteiger partial charge on any atom is 0.128 e. The van der Waals surface area contributed by atoms with Crippen LogP contribution in [0, 0.1) is 0 Å². The summed E-state index contributed by atoms with van der Waals surface area (Å²) < 4.78 is 0. The fourth-order valence-corrected chi connectivity index (χ4v) is 4.51. The van der Waals surface area contributed by atoms with E-state index < -0.39 is 5.41 Å². The summed E-state index contributed by atoms with van der Waals surface area (Å²) in [5, 5.41) is 11.3. The molecular formula is C27H29NO. The molecule has 0 unspecified atom stereocenters. The van der Waals surface area contributed by atoms with Crippen molar-refractivity contribution in [1.29, 1.82) is 0 Å². The maximum absolute atomic E-state index is 11.3. The number of aliphatic imine (C=N–C) groups is 1. The molecule has 1 fully saturated rings. The Bertz CT molecular complexity index is 917. The molecule has 1 aliphatic carbocycles. The van der Waals surface area contributed by atoms with Crippen LogP contribution in [0.5, 0.6) is 5.75 Å². The summed E-state index contributed by atoms with van der Waals surface area (Å²) in [4.78, 5) is 4.80. The predicted molar refractivity (Wildman–Crippen MR) is 121 cm³/mol. The second kappa shape index (κ2) is 8.65. The van der Waals surface area contributed by atoms with Crippen molar-refractivity contribution in [2.75, 3.05) is 0 Å². The summed E-state index contributed by atoms with van der Waals surface area (Å²) in [6.45, 7) is 2.19. The molecular weight excluding hydrogens is 354 g/mol. The molecule has 0 heterocycles. The summed E-state index contributed by atoms with van der Waals surface area (Å²) in [6, 6.07) is 27.2. The van der Waals surface area contributed by atoms with Gasteiger partial charge in [-0.2, -0.15) is 0 Å². The van der Waals surface area contributed by atoms with Crippen molar-refractivity contribution in [3.05, 3.63) is 101 Å². The van der Waals surface area contributed by atoms with Crippen LogP contribution in [0.15, 0.2) is 83.9 Å². The zero-order valence-corrected chi connectivity index (χ0v) is 17.1. The van der Waals surface area contributed by atoms with Crippen molar-refractivity contribution >= 4 is 6.21 Å². The largest absolute Gasteiger partial charge is 0.507 e. The lowest BCUT2D eigenvalue weighted by Crippen LogP contribution is -2.25. The lowest BCUT2D eigenvalue weighted by atomic mass is 9.70. The normalized spacial score (nSPS) is 15.6. The molecule has 3 aromatic carbocycles. The van der Waals surface area contributed by atoms with Gasteiger partial charge in [-0.15, -0.1) is 0 Å². The van der Waals surface area contributed by atoms with Crippen molar-refractivity contribution in [3.8, 4) is 5.75 Å². The highest BCUT2D eigenvalue weighted by atomic mass is 16.3. The molecule has 1 aliphatic rings. The third-order valence-corrected chi connectivity index (χ3v) is 6.31. The molecule has 4 rings (SSSR count). The van der Waals surface area contributed by atoms with E-state index in [9.17, 15) is 5.11 Å². The molecule has 0 radical (unpaired) electrons. The molecule has 0 saturated heterocycles. The number of rotatable bonds is 5. The van der Waals surface area contributed by atoms with Gasteiger partial charge in [-0.25, -0.2) is 0 Å². The summed E-state index contributed by atoms with van der Waals surface area (Å²) in [5.74, 6) is 0.322. The zero-order valence-electron chi connectivity index (χ0n) is 17.1. The van der Waals surface area contributed by atoms with E-state index in [0.717, 1.165) is 35.1 Å². The van der Waals surface area contributed by atoms with Crippen LogP contribution in [0.4, 0.5) is 0 Å². The smallest absolute Gasteiger partial charge is 0.128 e. The molecule has 3 aromatic rings. The number of phenols is 1. The SMILES string of the molecule is CC(c1ccccc1)(c1ccccc1)c1cccc(C=NC2CCCCC2)c1O. The third kappa shape index (κ3) is 3.98. The average molecular weight is 384 g/mol. The molecule has 0 amide bonds. The Morgan fingerprint density at radius 2 is 1.38 bits per heavy atom. The number of hydrogen-bond acceptors (Lipinski definition) is 2. The minimum absolute atomic E-state index is 0.322. The number of phenolic OH excluding ortho intramolecular Hbond substituents is 1. The Labute approximate surface area is 174 Å². The molecule has 2 heteroatoms. The first-order valence-electron chi connectivity index (χ1n) is 10.7. The van der Waals surface area contributed by atoms with E-state index >= 15 is 0 Å². The first-order valence-corrected chi connectivity index (χ1v) is 10.7. The average Bonchev–Trinajstić information content (AvgIpc) is 2.80.